The van der Waals surface area contributed by atoms with Crippen LogP contribution in [0.15, 0.2) is 72.8 Å². The summed E-state index contributed by atoms with van der Waals surface area (Å²) in [7, 11) is -3.67. The van der Waals surface area contributed by atoms with Crippen molar-refractivity contribution in [3.05, 3.63) is 83.9 Å². The molecule has 0 aliphatic carbocycles. The van der Waals surface area contributed by atoms with Gasteiger partial charge in [-0.2, -0.15) is 0 Å². The number of para-hydroxylation sites is 1. The van der Waals surface area contributed by atoms with E-state index in [1.165, 1.54) is 4.31 Å². The van der Waals surface area contributed by atoms with Crippen molar-refractivity contribution in [2.24, 2.45) is 0 Å². The maximum absolute atomic E-state index is 13.1. The van der Waals surface area contributed by atoms with Crippen LogP contribution in [0.5, 0.6) is 0 Å². The van der Waals surface area contributed by atoms with Crippen molar-refractivity contribution < 1.29 is 13.2 Å². The first kappa shape index (κ1) is 21.6. The molecule has 6 heteroatoms. The van der Waals surface area contributed by atoms with Gasteiger partial charge in [0.2, 0.25) is 15.9 Å². The van der Waals surface area contributed by atoms with Gasteiger partial charge in [0.1, 0.15) is 6.04 Å². The van der Waals surface area contributed by atoms with E-state index in [4.69, 9.17) is 0 Å². The Labute approximate surface area is 178 Å². The molecule has 0 aliphatic heterocycles. The molecule has 1 N–H and O–H groups in total. The number of hydrogen-bond donors (Lipinski definition) is 1. The van der Waals surface area contributed by atoms with Crippen LogP contribution in [0.25, 0.3) is 11.1 Å². The summed E-state index contributed by atoms with van der Waals surface area (Å²) >= 11 is 0. The number of nitrogens with one attached hydrogen (secondary N) is 1. The summed E-state index contributed by atoms with van der Waals surface area (Å²) in [6.07, 6.45) is 1.11. The number of rotatable bonds is 6. The second kappa shape index (κ2) is 8.71. The van der Waals surface area contributed by atoms with Gasteiger partial charge < -0.3 is 5.32 Å². The normalized spacial score (nSPS) is 12.3. The van der Waals surface area contributed by atoms with Gasteiger partial charge in [-0.3, -0.25) is 9.10 Å². The third kappa shape index (κ3) is 4.71. The lowest BCUT2D eigenvalue weighted by molar-refractivity contribution is -0.116. The smallest absolute Gasteiger partial charge is 0.248 e. The van der Waals surface area contributed by atoms with E-state index in [9.17, 15) is 13.2 Å². The zero-order chi connectivity index (χ0) is 21.9. The van der Waals surface area contributed by atoms with Crippen molar-refractivity contribution in [2.45, 2.75) is 26.8 Å². The zero-order valence-corrected chi connectivity index (χ0v) is 18.4. The number of nitrogens with zero attached hydrogens (tertiary/aromatic N) is 1. The molecule has 0 heterocycles. The van der Waals surface area contributed by atoms with Crippen molar-refractivity contribution in [1.29, 1.82) is 0 Å². The van der Waals surface area contributed by atoms with E-state index < -0.39 is 22.0 Å². The minimum absolute atomic E-state index is 0.401. The molecule has 0 radical (unpaired) electrons. The molecule has 1 atom stereocenters. The Hall–Kier alpha value is -3.12. The predicted octanol–water partition coefficient (Wildman–Crippen LogP) is 4.76. The number of anilines is 2. The molecule has 3 rings (SSSR count). The van der Waals surface area contributed by atoms with E-state index in [1.54, 1.807) is 19.1 Å². The highest BCUT2D eigenvalue weighted by molar-refractivity contribution is 7.92. The number of sulfonamides is 1. The number of carbonyl (C=O) groups is 1. The highest BCUT2D eigenvalue weighted by Crippen LogP contribution is 2.29. The van der Waals surface area contributed by atoms with Gasteiger partial charge in [0.05, 0.1) is 11.9 Å². The molecule has 0 aliphatic rings. The number of carbonyl (C=O) groups excluding carboxylic acids is 1. The van der Waals surface area contributed by atoms with Gasteiger partial charge in [0, 0.05) is 11.3 Å². The molecule has 156 valence electrons. The van der Waals surface area contributed by atoms with Gasteiger partial charge in [-0.1, -0.05) is 54.6 Å². The second-order valence-electron chi connectivity index (χ2n) is 7.40. The van der Waals surface area contributed by atoms with Crippen LogP contribution in [0.1, 0.15) is 18.1 Å². The molecule has 5 nitrogen and oxygen atoms in total. The largest absolute Gasteiger partial charge is 0.324 e. The minimum Gasteiger partial charge on any atom is -0.324 e. The van der Waals surface area contributed by atoms with Crippen molar-refractivity contribution in [3.8, 4) is 11.1 Å². The number of amides is 1. The lowest BCUT2D eigenvalue weighted by Gasteiger charge is -2.29. The average Bonchev–Trinajstić information content (AvgIpc) is 2.71. The summed E-state index contributed by atoms with van der Waals surface area (Å²) in [5, 5.41) is 2.91. The quantitative estimate of drug-likeness (QED) is 0.623. The van der Waals surface area contributed by atoms with E-state index in [-0.39, 0.29) is 0 Å². The number of hydrogen-bond acceptors (Lipinski definition) is 3. The van der Waals surface area contributed by atoms with Crippen molar-refractivity contribution >= 4 is 27.3 Å². The Morgan fingerprint density at radius 1 is 0.900 bits per heavy atom. The van der Waals surface area contributed by atoms with Crippen LogP contribution in [0.3, 0.4) is 0 Å². The predicted molar refractivity (Wildman–Crippen MR) is 123 cm³/mol. The van der Waals surface area contributed by atoms with Crippen LogP contribution in [0, 0.1) is 13.8 Å². The minimum atomic E-state index is -3.67. The van der Waals surface area contributed by atoms with Gasteiger partial charge in [0.25, 0.3) is 0 Å². The highest BCUT2D eigenvalue weighted by atomic mass is 32.2. The Bertz CT molecular complexity index is 1160. The molecule has 1 amide bonds. The van der Waals surface area contributed by atoms with Gasteiger partial charge in [-0.15, -0.1) is 0 Å². The summed E-state index contributed by atoms with van der Waals surface area (Å²) in [5.74, 6) is -0.401. The third-order valence-electron chi connectivity index (χ3n) is 5.10. The lowest BCUT2D eigenvalue weighted by Crippen LogP contribution is -2.45. The fourth-order valence-electron chi connectivity index (χ4n) is 3.37. The van der Waals surface area contributed by atoms with Gasteiger partial charge in [-0.05, 0) is 55.7 Å². The Morgan fingerprint density at radius 3 is 2.17 bits per heavy atom. The second-order valence-corrected chi connectivity index (χ2v) is 9.26. The zero-order valence-electron chi connectivity index (χ0n) is 17.6. The van der Waals surface area contributed by atoms with Crippen LogP contribution in [-0.2, 0) is 14.8 Å². The SMILES string of the molecule is Cc1ccc(N(C(C)C(=O)Nc2ccccc2-c2ccccc2)S(C)(=O)=O)cc1C. The Balaban J connectivity index is 1.93. The first-order valence-corrected chi connectivity index (χ1v) is 11.6. The van der Waals surface area contributed by atoms with Gasteiger partial charge in [0.15, 0.2) is 0 Å². The van der Waals surface area contributed by atoms with E-state index >= 15 is 0 Å². The molecule has 30 heavy (non-hydrogen) atoms. The van der Waals surface area contributed by atoms with Crippen LogP contribution in [0.2, 0.25) is 0 Å². The van der Waals surface area contributed by atoms with E-state index in [1.807, 2.05) is 74.5 Å². The summed E-state index contributed by atoms with van der Waals surface area (Å²) in [5.41, 5.74) is 4.96. The van der Waals surface area contributed by atoms with Gasteiger partial charge in [-0.25, -0.2) is 8.42 Å². The average molecular weight is 423 g/mol. The summed E-state index contributed by atoms with van der Waals surface area (Å²) < 4.78 is 26.3. The molecule has 3 aromatic carbocycles. The Morgan fingerprint density at radius 2 is 1.53 bits per heavy atom. The van der Waals surface area contributed by atoms with Gasteiger partial charge >= 0.3 is 0 Å². The highest BCUT2D eigenvalue weighted by Gasteiger charge is 2.29. The molecule has 0 spiro atoms. The molecule has 0 fully saturated rings. The summed E-state index contributed by atoms with van der Waals surface area (Å²) in [6, 6.07) is 21.7. The van der Waals surface area contributed by atoms with Crippen molar-refractivity contribution in [3.63, 3.8) is 0 Å². The Kier molecular flexibility index (Phi) is 6.27. The summed E-state index contributed by atoms with van der Waals surface area (Å²) in [6.45, 7) is 5.47. The molecule has 3 aromatic rings. The maximum atomic E-state index is 13.1. The van der Waals surface area contributed by atoms with Crippen LogP contribution >= 0.6 is 0 Å². The van der Waals surface area contributed by atoms with Crippen LogP contribution < -0.4 is 9.62 Å². The summed E-state index contributed by atoms with van der Waals surface area (Å²) in [4.78, 5) is 13.1. The fraction of sp³-hybridized carbons (Fsp3) is 0.208. The molecular formula is C24H26N2O3S. The van der Waals surface area contributed by atoms with Crippen molar-refractivity contribution in [1.82, 2.24) is 0 Å². The van der Waals surface area contributed by atoms with Crippen LogP contribution in [0.4, 0.5) is 11.4 Å². The third-order valence-corrected chi connectivity index (χ3v) is 6.34. The number of aryl methyl sites for hydroxylation is 2. The lowest BCUT2D eigenvalue weighted by atomic mass is 10.0. The van der Waals surface area contributed by atoms with E-state index in [0.717, 1.165) is 28.5 Å². The maximum Gasteiger partial charge on any atom is 0.248 e. The first-order chi connectivity index (χ1) is 14.2. The van der Waals surface area contributed by atoms with E-state index in [2.05, 4.69) is 5.32 Å². The fourth-order valence-corrected chi connectivity index (χ4v) is 4.54. The topological polar surface area (TPSA) is 66.5 Å². The molecule has 0 saturated carbocycles. The molecule has 0 saturated heterocycles. The van der Waals surface area contributed by atoms with Crippen molar-refractivity contribution in [2.75, 3.05) is 15.9 Å². The monoisotopic (exact) mass is 422 g/mol. The molecule has 1 unspecified atom stereocenters. The number of benzene rings is 3. The molecule has 0 bridgehead atoms. The molecule has 0 aromatic heterocycles. The standard InChI is InChI=1S/C24H26N2O3S/c1-17-14-15-21(16-18(17)2)26(30(4,28)29)19(3)24(27)25-23-13-9-8-12-22(23)20-10-6-5-7-11-20/h5-16,19H,1-4H3,(H,25,27). The first-order valence-electron chi connectivity index (χ1n) is 9.70. The van der Waals surface area contributed by atoms with E-state index in [0.29, 0.717) is 11.4 Å². The molecular weight excluding hydrogens is 396 g/mol. The van der Waals surface area contributed by atoms with Crippen LogP contribution in [-0.4, -0.2) is 26.6 Å².